The second kappa shape index (κ2) is 7.68. The highest BCUT2D eigenvalue weighted by Gasteiger charge is 2.25. The van der Waals surface area contributed by atoms with Crippen LogP contribution in [0.1, 0.15) is 44.7 Å². The second-order valence-corrected chi connectivity index (χ2v) is 6.87. The number of carboxylic acids is 1. The van der Waals surface area contributed by atoms with E-state index in [0.29, 0.717) is 42.1 Å². The van der Waals surface area contributed by atoms with Crippen LogP contribution >= 0.6 is 0 Å². The molecule has 26 heavy (non-hydrogen) atoms. The van der Waals surface area contributed by atoms with Crippen LogP contribution < -0.4 is 0 Å². The SMILES string of the molecule is Cc1ccc(C(=O)N2CCC(Cc3ccccc3C(=O)O)CC2)cc1F. The molecule has 0 unspecified atom stereocenters. The third kappa shape index (κ3) is 3.93. The number of hydrogen-bond donors (Lipinski definition) is 1. The normalized spacial score (nSPS) is 15.1. The number of rotatable bonds is 4. The van der Waals surface area contributed by atoms with Gasteiger partial charge in [-0.05, 0) is 61.4 Å². The number of carbonyl (C=O) groups excluding carboxylic acids is 1. The van der Waals surface area contributed by atoms with Gasteiger partial charge in [-0.3, -0.25) is 4.79 Å². The minimum atomic E-state index is -0.908. The Labute approximate surface area is 152 Å². The molecule has 1 aliphatic rings. The molecule has 1 fully saturated rings. The lowest BCUT2D eigenvalue weighted by atomic mass is 9.88. The van der Waals surface area contributed by atoms with E-state index >= 15 is 0 Å². The maximum Gasteiger partial charge on any atom is 0.335 e. The molecular weight excluding hydrogens is 333 g/mol. The first kappa shape index (κ1) is 18.1. The molecule has 5 heteroatoms. The van der Waals surface area contributed by atoms with Crippen molar-refractivity contribution in [1.29, 1.82) is 0 Å². The molecule has 1 saturated heterocycles. The zero-order chi connectivity index (χ0) is 18.7. The quantitative estimate of drug-likeness (QED) is 0.904. The van der Waals surface area contributed by atoms with Crippen molar-refractivity contribution in [2.24, 2.45) is 5.92 Å². The summed E-state index contributed by atoms with van der Waals surface area (Å²) in [7, 11) is 0. The number of halogens is 1. The Bertz CT molecular complexity index is 826. The lowest BCUT2D eigenvalue weighted by Gasteiger charge is -2.32. The topological polar surface area (TPSA) is 57.6 Å². The number of aryl methyl sites for hydroxylation is 1. The van der Waals surface area contributed by atoms with Gasteiger partial charge in [-0.1, -0.05) is 24.3 Å². The molecule has 1 N–H and O–H groups in total. The standard InChI is InChI=1S/C21H22FNO3/c1-14-6-7-17(13-19(14)22)20(24)23-10-8-15(9-11-23)12-16-4-2-3-5-18(16)21(25)26/h2-7,13,15H,8-12H2,1H3,(H,25,26). The molecule has 0 aromatic heterocycles. The third-order valence-corrected chi connectivity index (χ3v) is 5.08. The van der Waals surface area contributed by atoms with Gasteiger partial charge in [0.1, 0.15) is 5.82 Å². The van der Waals surface area contributed by atoms with Crippen LogP contribution in [0.15, 0.2) is 42.5 Å². The van der Waals surface area contributed by atoms with Crippen LogP contribution in [-0.4, -0.2) is 35.0 Å². The van der Waals surface area contributed by atoms with Crippen LogP contribution in [0.3, 0.4) is 0 Å². The first-order valence-electron chi connectivity index (χ1n) is 8.82. The van der Waals surface area contributed by atoms with Crippen molar-refractivity contribution in [1.82, 2.24) is 4.90 Å². The summed E-state index contributed by atoms with van der Waals surface area (Å²) in [6.07, 6.45) is 2.33. The van der Waals surface area contributed by atoms with Crippen molar-refractivity contribution in [2.45, 2.75) is 26.2 Å². The van der Waals surface area contributed by atoms with Crippen molar-refractivity contribution in [3.05, 3.63) is 70.5 Å². The van der Waals surface area contributed by atoms with E-state index in [-0.39, 0.29) is 11.7 Å². The number of carbonyl (C=O) groups is 2. The summed E-state index contributed by atoms with van der Waals surface area (Å²) in [4.78, 5) is 25.6. The van der Waals surface area contributed by atoms with E-state index < -0.39 is 5.97 Å². The first-order valence-corrected chi connectivity index (χ1v) is 8.82. The highest BCUT2D eigenvalue weighted by atomic mass is 19.1. The molecule has 1 aliphatic heterocycles. The predicted molar refractivity (Wildman–Crippen MR) is 96.9 cm³/mol. The summed E-state index contributed by atoms with van der Waals surface area (Å²) in [6.45, 7) is 2.88. The molecule has 2 aromatic rings. The lowest BCUT2D eigenvalue weighted by molar-refractivity contribution is 0.0690. The average Bonchev–Trinajstić information content (AvgIpc) is 2.64. The van der Waals surface area contributed by atoms with Gasteiger partial charge < -0.3 is 10.0 Å². The monoisotopic (exact) mass is 355 g/mol. The molecule has 4 nitrogen and oxygen atoms in total. The fraction of sp³-hybridized carbons (Fsp3) is 0.333. The fourth-order valence-corrected chi connectivity index (χ4v) is 3.47. The molecule has 1 amide bonds. The Morgan fingerprint density at radius 2 is 1.85 bits per heavy atom. The van der Waals surface area contributed by atoms with E-state index in [1.807, 2.05) is 12.1 Å². The highest BCUT2D eigenvalue weighted by molar-refractivity contribution is 5.94. The summed E-state index contributed by atoms with van der Waals surface area (Å²) in [6, 6.07) is 11.7. The number of aromatic carboxylic acids is 1. The van der Waals surface area contributed by atoms with Crippen molar-refractivity contribution in [3.8, 4) is 0 Å². The first-order chi connectivity index (χ1) is 12.5. The number of likely N-dealkylation sites (tertiary alicyclic amines) is 1. The Morgan fingerprint density at radius 3 is 2.50 bits per heavy atom. The largest absolute Gasteiger partial charge is 0.478 e. The summed E-state index contributed by atoms with van der Waals surface area (Å²) < 4.78 is 13.7. The van der Waals surface area contributed by atoms with Gasteiger partial charge in [0.05, 0.1) is 5.56 Å². The molecule has 0 saturated carbocycles. The molecule has 0 radical (unpaired) electrons. The number of amides is 1. The van der Waals surface area contributed by atoms with Crippen molar-refractivity contribution >= 4 is 11.9 Å². The Kier molecular flexibility index (Phi) is 5.35. The van der Waals surface area contributed by atoms with Gasteiger partial charge in [0.2, 0.25) is 0 Å². The maximum atomic E-state index is 13.7. The molecule has 0 atom stereocenters. The van der Waals surface area contributed by atoms with E-state index in [4.69, 9.17) is 0 Å². The van der Waals surface area contributed by atoms with Gasteiger partial charge in [0.25, 0.3) is 5.91 Å². The molecule has 1 heterocycles. The van der Waals surface area contributed by atoms with Crippen molar-refractivity contribution in [2.75, 3.05) is 13.1 Å². The summed E-state index contributed by atoms with van der Waals surface area (Å²) >= 11 is 0. The van der Waals surface area contributed by atoms with E-state index in [0.717, 1.165) is 18.4 Å². The minimum Gasteiger partial charge on any atom is -0.478 e. The lowest BCUT2D eigenvalue weighted by Crippen LogP contribution is -2.39. The van der Waals surface area contributed by atoms with Crippen LogP contribution in [0.4, 0.5) is 4.39 Å². The van der Waals surface area contributed by atoms with Gasteiger partial charge in [-0.25, -0.2) is 9.18 Å². The van der Waals surface area contributed by atoms with Gasteiger partial charge in [0, 0.05) is 18.7 Å². The van der Waals surface area contributed by atoms with E-state index in [9.17, 15) is 19.1 Å². The summed E-state index contributed by atoms with van der Waals surface area (Å²) in [5, 5.41) is 9.29. The smallest absolute Gasteiger partial charge is 0.335 e. The number of hydrogen-bond acceptors (Lipinski definition) is 2. The molecule has 3 rings (SSSR count). The Balaban J connectivity index is 1.61. The van der Waals surface area contributed by atoms with Crippen LogP contribution in [0.5, 0.6) is 0 Å². The number of carboxylic acid groups (broad SMARTS) is 1. The summed E-state index contributed by atoms with van der Waals surface area (Å²) in [5.41, 5.74) is 2.09. The third-order valence-electron chi connectivity index (χ3n) is 5.08. The van der Waals surface area contributed by atoms with Crippen molar-refractivity contribution in [3.63, 3.8) is 0 Å². The zero-order valence-corrected chi connectivity index (χ0v) is 14.7. The van der Waals surface area contributed by atoms with Gasteiger partial charge in [-0.15, -0.1) is 0 Å². The van der Waals surface area contributed by atoms with Crippen LogP contribution in [-0.2, 0) is 6.42 Å². The molecule has 0 aliphatic carbocycles. The predicted octanol–water partition coefficient (Wildman–Crippen LogP) is 3.93. The van der Waals surface area contributed by atoms with Crippen LogP contribution in [0.25, 0.3) is 0 Å². The highest BCUT2D eigenvalue weighted by Crippen LogP contribution is 2.24. The average molecular weight is 355 g/mol. The number of nitrogens with zero attached hydrogens (tertiary/aromatic N) is 1. The molecule has 136 valence electrons. The Hall–Kier alpha value is -2.69. The van der Waals surface area contributed by atoms with Crippen LogP contribution in [0.2, 0.25) is 0 Å². The van der Waals surface area contributed by atoms with E-state index in [2.05, 4.69) is 0 Å². The molecule has 2 aromatic carbocycles. The van der Waals surface area contributed by atoms with E-state index in [1.54, 1.807) is 36.1 Å². The van der Waals surface area contributed by atoms with Crippen LogP contribution in [0, 0.1) is 18.7 Å². The minimum absolute atomic E-state index is 0.145. The van der Waals surface area contributed by atoms with E-state index in [1.165, 1.54) is 6.07 Å². The second-order valence-electron chi connectivity index (χ2n) is 6.87. The zero-order valence-electron chi connectivity index (χ0n) is 14.7. The fourth-order valence-electron chi connectivity index (χ4n) is 3.47. The van der Waals surface area contributed by atoms with Crippen molar-refractivity contribution < 1.29 is 19.1 Å². The number of benzene rings is 2. The van der Waals surface area contributed by atoms with Gasteiger partial charge in [0.15, 0.2) is 0 Å². The van der Waals surface area contributed by atoms with Gasteiger partial charge >= 0.3 is 5.97 Å². The number of piperidine rings is 1. The summed E-state index contributed by atoms with van der Waals surface area (Å²) in [5.74, 6) is -1.08. The Morgan fingerprint density at radius 1 is 1.15 bits per heavy atom. The molecular formula is C21H22FNO3. The molecule has 0 bridgehead atoms. The molecule has 0 spiro atoms. The van der Waals surface area contributed by atoms with Gasteiger partial charge in [-0.2, -0.15) is 0 Å². The maximum absolute atomic E-state index is 13.7.